The first-order chi connectivity index (χ1) is 11.6. The van der Waals surface area contributed by atoms with Gasteiger partial charge >= 0.3 is 5.97 Å². The molecule has 2 aromatic rings. The van der Waals surface area contributed by atoms with Gasteiger partial charge in [-0.25, -0.2) is 9.18 Å². The van der Waals surface area contributed by atoms with Crippen molar-refractivity contribution in [2.75, 3.05) is 13.2 Å². The van der Waals surface area contributed by atoms with Gasteiger partial charge in [-0.05, 0) is 25.5 Å². The summed E-state index contributed by atoms with van der Waals surface area (Å²) in [5, 5.41) is 9.83. The Morgan fingerprint density at radius 3 is 2.71 bits per heavy atom. The quantitative estimate of drug-likeness (QED) is 0.588. The molecule has 1 heterocycles. The first-order valence-electron chi connectivity index (χ1n) is 7.78. The molecular weight excluding hydrogens is 320 g/mol. The molecule has 0 bridgehead atoms. The molecule has 0 aliphatic rings. The molecule has 0 radical (unpaired) electrons. The van der Waals surface area contributed by atoms with Gasteiger partial charge in [0.2, 0.25) is 5.82 Å². The number of H-pyrrole nitrogens is 1. The molecule has 1 aromatic carbocycles. The van der Waals surface area contributed by atoms with Gasteiger partial charge in [0.05, 0.1) is 13.2 Å². The van der Waals surface area contributed by atoms with E-state index in [9.17, 15) is 13.6 Å². The summed E-state index contributed by atoms with van der Waals surface area (Å²) in [6, 6.07) is 2.24. The van der Waals surface area contributed by atoms with E-state index in [1.165, 1.54) is 6.07 Å². The highest BCUT2D eigenvalue weighted by Crippen LogP contribution is 2.29. The molecule has 2 rings (SSSR count). The Hall–Kier alpha value is -2.51. The molecule has 6 nitrogen and oxygen atoms in total. The number of aromatic nitrogens is 3. The maximum atomic E-state index is 13.9. The minimum Gasteiger partial charge on any atom is -0.490 e. The summed E-state index contributed by atoms with van der Waals surface area (Å²) in [5.41, 5.74) is 0.154. The molecule has 0 atom stereocenters. The van der Waals surface area contributed by atoms with Crippen molar-refractivity contribution in [1.82, 2.24) is 15.4 Å². The summed E-state index contributed by atoms with van der Waals surface area (Å²) < 4.78 is 37.9. The number of ether oxygens (including phenoxy) is 2. The van der Waals surface area contributed by atoms with Crippen LogP contribution in [0.25, 0.3) is 11.3 Å². The normalized spacial score (nSPS) is 10.7. The molecule has 1 aromatic heterocycles. The van der Waals surface area contributed by atoms with E-state index < -0.39 is 17.6 Å². The molecule has 24 heavy (non-hydrogen) atoms. The summed E-state index contributed by atoms with van der Waals surface area (Å²) in [7, 11) is 0. The second-order valence-corrected chi connectivity index (χ2v) is 5.07. The van der Waals surface area contributed by atoms with Gasteiger partial charge in [-0.3, -0.25) is 0 Å². The number of carbonyl (C=O) groups is 1. The fraction of sp³-hybridized carbons (Fsp3) is 0.438. The zero-order valence-corrected chi connectivity index (χ0v) is 13.6. The Labute approximate surface area is 138 Å². The molecule has 0 fully saturated rings. The van der Waals surface area contributed by atoms with E-state index in [2.05, 4.69) is 15.4 Å². The van der Waals surface area contributed by atoms with Crippen LogP contribution in [0.5, 0.6) is 5.75 Å². The summed E-state index contributed by atoms with van der Waals surface area (Å²) in [5.74, 6) is -3.08. The molecule has 0 saturated heterocycles. The number of nitrogens with zero attached hydrogens (tertiary/aromatic N) is 2. The van der Waals surface area contributed by atoms with Crippen LogP contribution in [-0.2, 0) is 4.74 Å². The third-order valence-electron chi connectivity index (χ3n) is 3.29. The topological polar surface area (TPSA) is 77.1 Å². The average Bonchev–Trinajstić information content (AvgIpc) is 3.05. The highest BCUT2D eigenvalue weighted by molar-refractivity contribution is 5.94. The molecule has 0 spiro atoms. The third-order valence-corrected chi connectivity index (χ3v) is 3.29. The Morgan fingerprint density at radius 2 is 2.00 bits per heavy atom. The number of aromatic amines is 1. The second kappa shape index (κ2) is 8.37. The smallest absolute Gasteiger partial charge is 0.361 e. The summed E-state index contributed by atoms with van der Waals surface area (Å²) in [6.07, 6.45) is 2.65. The molecule has 8 heteroatoms. The van der Waals surface area contributed by atoms with Gasteiger partial charge in [0.1, 0.15) is 5.69 Å². The predicted octanol–water partition coefficient (Wildman–Crippen LogP) is 3.50. The number of esters is 1. The molecule has 1 N–H and O–H groups in total. The standard InChI is InChI=1S/C16H19F2N3O3/c1-3-5-6-7-24-12-9-10(8-11(17)13(12)18)14-15(20-21-19-14)16(22)23-4-2/h8-9H,3-7H2,1-2H3,(H,19,20,21). The van der Waals surface area contributed by atoms with Crippen LogP contribution in [-0.4, -0.2) is 34.6 Å². The van der Waals surface area contributed by atoms with Gasteiger partial charge in [-0.2, -0.15) is 14.7 Å². The number of unbranched alkanes of at least 4 members (excludes halogenated alkanes) is 2. The van der Waals surface area contributed by atoms with Crippen molar-refractivity contribution >= 4 is 5.97 Å². The number of carbonyl (C=O) groups excluding carboxylic acids is 1. The van der Waals surface area contributed by atoms with Gasteiger partial charge in [-0.1, -0.05) is 19.8 Å². The molecular formula is C16H19F2N3O3. The first kappa shape index (κ1) is 17.8. The molecule has 0 unspecified atom stereocenters. The predicted molar refractivity (Wildman–Crippen MR) is 82.7 cm³/mol. The Morgan fingerprint density at radius 1 is 1.21 bits per heavy atom. The fourth-order valence-electron chi connectivity index (χ4n) is 2.11. The maximum absolute atomic E-state index is 13.9. The van der Waals surface area contributed by atoms with Crippen LogP contribution in [0.4, 0.5) is 8.78 Å². The molecule has 130 valence electrons. The molecule has 0 aliphatic carbocycles. The van der Waals surface area contributed by atoms with E-state index in [4.69, 9.17) is 9.47 Å². The second-order valence-electron chi connectivity index (χ2n) is 5.07. The van der Waals surface area contributed by atoms with Crippen molar-refractivity contribution in [1.29, 1.82) is 0 Å². The van der Waals surface area contributed by atoms with Crippen molar-refractivity contribution in [3.63, 3.8) is 0 Å². The van der Waals surface area contributed by atoms with Crippen molar-refractivity contribution in [2.45, 2.75) is 33.1 Å². The summed E-state index contributed by atoms with van der Waals surface area (Å²) in [6.45, 7) is 4.12. The molecule has 0 aliphatic heterocycles. The van der Waals surface area contributed by atoms with Gasteiger partial charge in [-0.15, -0.1) is 5.10 Å². The van der Waals surface area contributed by atoms with Crippen LogP contribution >= 0.6 is 0 Å². The van der Waals surface area contributed by atoms with Crippen LogP contribution in [0.3, 0.4) is 0 Å². The van der Waals surface area contributed by atoms with Gasteiger partial charge in [0.15, 0.2) is 17.3 Å². The Balaban J connectivity index is 2.30. The number of benzene rings is 1. The average molecular weight is 339 g/mol. The number of halogens is 2. The highest BCUT2D eigenvalue weighted by atomic mass is 19.2. The lowest BCUT2D eigenvalue weighted by molar-refractivity contribution is 0.0520. The van der Waals surface area contributed by atoms with Crippen LogP contribution < -0.4 is 4.74 Å². The number of hydrogen-bond donors (Lipinski definition) is 1. The number of hydrogen-bond acceptors (Lipinski definition) is 5. The summed E-state index contributed by atoms with van der Waals surface area (Å²) in [4.78, 5) is 11.8. The van der Waals surface area contributed by atoms with Crippen molar-refractivity contribution in [3.05, 3.63) is 29.5 Å². The minimum atomic E-state index is -1.09. The lowest BCUT2D eigenvalue weighted by Crippen LogP contribution is -2.07. The molecule has 0 amide bonds. The van der Waals surface area contributed by atoms with Crippen molar-refractivity contribution in [3.8, 4) is 17.0 Å². The largest absolute Gasteiger partial charge is 0.490 e. The van der Waals surface area contributed by atoms with Crippen LogP contribution in [0.15, 0.2) is 12.1 Å². The number of rotatable bonds is 8. The lowest BCUT2D eigenvalue weighted by atomic mass is 10.1. The Bertz CT molecular complexity index is 704. The van der Waals surface area contributed by atoms with E-state index >= 15 is 0 Å². The van der Waals surface area contributed by atoms with E-state index in [0.29, 0.717) is 0 Å². The monoisotopic (exact) mass is 339 g/mol. The minimum absolute atomic E-state index is 0.0748. The zero-order valence-electron chi connectivity index (χ0n) is 13.6. The van der Waals surface area contributed by atoms with E-state index in [0.717, 1.165) is 25.3 Å². The lowest BCUT2D eigenvalue weighted by Gasteiger charge is -2.09. The van der Waals surface area contributed by atoms with Crippen molar-refractivity contribution < 1.29 is 23.0 Å². The van der Waals surface area contributed by atoms with Gasteiger partial charge in [0.25, 0.3) is 0 Å². The van der Waals surface area contributed by atoms with E-state index in [1.54, 1.807) is 6.92 Å². The van der Waals surface area contributed by atoms with Crippen LogP contribution in [0.1, 0.15) is 43.6 Å². The number of nitrogens with one attached hydrogen (secondary N) is 1. The van der Waals surface area contributed by atoms with Crippen molar-refractivity contribution in [2.24, 2.45) is 0 Å². The van der Waals surface area contributed by atoms with Gasteiger partial charge < -0.3 is 9.47 Å². The zero-order chi connectivity index (χ0) is 17.5. The van der Waals surface area contributed by atoms with Gasteiger partial charge in [0, 0.05) is 5.56 Å². The fourth-order valence-corrected chi connectivity index (χ4v) is 2.11. The third kappa shape index (κ3) is 4.06. The Kier molecular flexibility index (Phi) is 6.22. The molecule has 0 saturated carbocycles. The highest BCUT2D eigenvalue weighted by Gasteiger charge is 2.22. The van der Waals surface area contributed by atoms with Crippen LogP contribution in [0, 0.1) is 11.6 Å². The van der Waals surface area contributed by atoms with E-state index in [1.807, 2.05) is 6.92 Å². The van der Waals surface area contributed by atoms with E-state index in [-0.39, 0.29) is 35.9 Å². The summed E-state index contributed by atoms with van der Waals surface area (Å²) >= 11 is 0. The SMILES string of the molecule is CCCCCOc1cc(-c2n[nH]nc2C(=O)OCC)cc(F)c1F. The van der Waals surface area contributed by atoms with Crippen LogP contribution in [0.2, 0.25) is 0 Å². The maximum Gasteiger partial charge on any atom is 0.361 e. The first-order valence-corrected chi connectivity index (χ1v) is 7.78.